The quantitative estimate of drug-likeness (QED) is 0.645. The van der Waals surface area contributed by atoms with Crippen molar-refractivity contribution in [1.29, 1.82) is 0 Å². The van der Waals surface area contributed by atoms with E-state index in [2.05, 4.69) is 12.6 Å². The summed E-state index contributed by atoms with van der Waals surface area (Å²) in [4.78, 5) is 12.3. The molecule has 0 radical (unpaired) electrons. The maximum Gasteiger partial charge on any atom is 0.406 e. The molecule has 0 aromatic heterocycles. The van der Waals surface area contributed by atoms with Gasteiger partial charge in [-0.3, -0.25) is 4.79 Å². The Bertz CT molecular complexity index is 433. The molecule has 1 aromatic carbocycles. The van der Waals surface area contributed by atoms with Crippen LogP contribution >= 0.6 is 12.6 Å². The number of thiol groups is 1. The molecule has 0 aliphatic rings. The van der Waals surface area contributed by atoms with Crippen LogP contribution in [0.25, 0.3) is 0 Å². The summed E-state index contributed by atoms with van der Waals surface area (Å²) in [5.74, 6) is -1.91. The summed E-state index contributed by atoms with van der Waals surface area (Å²) in [6, 6.07) is 3.38. The molecule has 1 aromatic rings. The Kier molecular flexibility index (Phi) is 4.03. The summed E-state index contributed by atoms with van der Waals surface area (Å²) in [5, 5.41) is 0. The number of carbonyl (C=O) groups is 1. The lowest BCUT2D eigenvalue weighted by atomic mass is 10.2. The summed E-state index contributed by atoms with van der Waals surface area (Å²) in [5.41, 5.74) is -0.427. The third-order valence-electron chi connectivity index (χ3n) is 1.94. The van der Waals surface area contributed by atoms with Crippen molar-refractivity contribution in [2.45, 2.75) is 11.1 Å². The highest BCUT2D eigenvalue weighted by molar-refractivity contribution is 7.80. The SMILES string of the molecule is CN(CC(F)(F)F)C(=O)c1cc(S)ccc1F. The van der Waals surface area contributed by atoms with E-state index >= 15 is 0 Å². The van der Waals surface area contributed by atoms with E-state index in [0.717, 1.165) is 19.2 Å². The van der Waals surface area contributed by atoms with E-state index in [4.69, 9.17) is 0 Å². The van der Waals surface area contributed by atoms with Crippen molar-refractivity contribution < 1.29 is 22.4 Å². The standard InChI is InChI=1S/C10H9F4NOS/c1-15(5-10(12,13)14)9(16)7-4-6(17)2-3-8(7)11/h2-4,17H,5H2,1H3. The zero-order valence-corrected chi connectivity index (χ0v) is 9.65. The summed E-state index contributed by atoms with van der Waals surface area (Å²) in [6.07, 6.45) is -4.51. The van der Waals surface area contributed by atoms with Crippen LogP contribution < -0.4 is 0 Å². The molecule has 17 heavy (non-hydrogen) atoms. The number of halogens is 4. The molecule has 7 heteroatoms. The van der Waals surface area contributed by atoms with E-state index < -0.39 is 30.0 Å². The first-order valence-electron chi connectivity index (χ1n) is 4.51. The van der Waals surface area contributed by atoms with Gasteiger partial charge >= 0.3 is 6.18 Å². The summed E-state index contributed by atoms with van der Waals surface area (Å²) in [7, 11) is 0.959. The van der Waals surface area contributed by atoms with Gasteiger partial charge in [-0.25, -0.2) is 4.39 Å². The molecule has 0 spiro atoms. The van der Waals surface area contributed by atoms with Gasteiger partial charge in [0.25, 0.3) is 5.91 Å². The number of nitrogens with zero attached hydrogens (tertiary/aromatic N) is 1. The molecule has 0 bridgehead atoms. The van der Waals surface area contributed by atoms with Crippen LogP contribution in [0.3, 0.4) is 0 Å². The van der Waals surface area contributed by atoms with E-state index in [9.17, 15) is 22.4 Å². The zero-order chi connectivity index (χ0) is 13.2. The average molecular weight is 267 g/mol. The number of alkyl halides is 3. The van der Waals surface area contributed by atoms with Crippen LogP contribution in [-0.4, -0.2) is 30.6 Å². The molecule has 1 rings (SSSR count). The van der Waals surface area contributed by atoms with Crippen molar-refractivity contribution in [3.63, 3.8) is 0 Å². The van der Waals surface area contributed by atoms with Crippen LogP contribution in [0.4, 0.5) is 17.6 Å². The van der Waals surface area contributed by atoms with Gasteiger partial charge in [-0.05, 0) is 18.2 Å². The third-order valence-corrected chi connectivity index (χ3v) is 2.22. The van der Waals surface area contributed by atoms with Gasteiger partial charge in [-0.15, -0.1) is 12.6 Å². The first-order valence-corrected chi connectivity index (χ1v) is 4.96. The van der Waals surface area contributed by atoms with Crippen molar-refractivity contribution in [2.24, 2.45) is 0 Å². The lowest BCUT2D eigenvalue weighted by Gasteiger charge is -2.19. The first-order chi connectivity index (χ1) is 7.70. The van der Waals surface area contributed by atoms with Gasteiger partial charge in [-0.1, -0.05) is 0 Å². The van der Waals surface area contributed by atoms with E-state index in [1.807, 2.05) is 0 Å². The molecule has 0 N–H and O–H groups in total. The molecule has 94 valence electrons. The molecule has 0 heterocycles. The van der Waals surface area contributed by atoms with Gasteiger partial charge in [-0.2, -0.15) is 13.2 Å². The molecule has 0 saturated heterocycles. The van der Waals surface area contributed by atoms with E-state index in [1.54, 1.807) is 0 Å². The van der Waals surface area contributed by atoms with Crippen molar-refractivity contribution >= 4 is 18.5 Å². The molecule has 0 aliphatic carbocycles. The highest BCUT2D eigenvalue weighted by Gasteiger charge is 2.32. The van der Waals surface area contributed by atoms with E-state index in [0.29, 0.717) is 9.80 Å². The summed E-state index contributed by atoms with van der Waals surface area (Å²) < 4.78 is 49.4. The monoisotopic (exact) mass is 267 g/mol. The summed E-state index contributed by atoms with van der Waals surface area (Å²) >= 11 is 3.89. The number of amides is 1. The molecular formula is C10H9F4NOS. The van der Waals surface area contributed by atoms with Gasteiger partial charge in [0, 0.05) is 11.9 Å². The van der Waals surface area contributed by atoms with Gasteiger partial charge in [0.05, 0.1) is 5.56 Å². The fourth-order valence-electron chi connectivity index (χ4n) is 1.22. The number of carbonyl (C=O) groups excluding carboxylic acids is 1. The van der Waals surface area contributed by atoms with Gasteiger partial charge in [0.15, 0.2) is 0 Å². The van der Waals surface area contributed by atoms with Gasteiger partial charge < -0.3 is 4.90 Å². The lowest BCUT2D eigenvalue weighted by Crippen LogP contribution is -2.36. The Morgan fingerprint density at radius 3 is 2.53 bits per heavy atom. The van der Waals surface area contributed by atoms with Crippen LogP contribution in [0, 0.1) is 5.82 Å². The smallest absolute Gasteiger partial charge is 0.333 e. The topological polar surface area (TPSA) is 20.3 Å². The van der Waals surface area contributed by atoms with Gasteiger partial charge in [0.2, 0.25) is 0 Å². The fourth-order valence-corrected chi connectivity index (χ4v) is 1.43. The van der Waals surface area contributed by atoms with Crippen molar-refractivity contribution in [3.05, 3.63) is 29.6 Å². The predicted octanol–water partition coefficient (Wildman–Crippen LogP) is 2.75. The maximum absolute atomic E-state index is 13.3. The van der Waals surface area contributed by atoms with Crippen molar-refractivity contribution in [1.82, 2.24) is 4.90 Å². The second-order valence-corrected chi connectivity index (χ2v) is 3.96. The molecule has 0 atom stereocenters. The number of hydrogen-bond acceptors (Lipinski definition) is 2. The second kappa shape index (κ2) is 4.95. The van der Waals surface area contributed by atoms with E-state index in [1.165, 1.54) is 6.07 Å². The first kappa shape index (κ1) is 13.8. The molecule has 0 aliphatic heterocycles. The largest absolute Gasteiger partial charge is 0.406 e. The van der Waals surface area contributed by atoms with Crippen LogP contribution in [-0.2, 0) is 0 Å². The summed E-state index contributed by atoms with van der Waals surface area (Å²) in [6.45, 7) is -1.43. The van der Waals surface area contributed by atoms with Crippen LogP contribution in [0.5, 0.6) is 0 Å². The molecule has 0 unspecified atom stereocenters. The minimum atomic E-state index is -4.51. The maximum atomic E-state index is 13.3. The minimum absolute atomic E-state index is 0.301. The van der Waals surface area contributed by atoms with Gasteiger partial charge in [0.1, 0.15) is 12.4 Å². The number of benzene rings is 1. The Labute approximate surface area is 101 Å². The highest BCUT2D eigenvalue weighted by atomic mass is 32.1. The Balaban J connectivity index is 2.93. The molecule has 2 nitrogen and oxygen atoms in total. The minimum Gasteiger partial charge on any atom is -0.333 e. The Morgan fingerprint density at radius 1 is 1.41 bits per heavy atom. The van der Waals surface area contributed by atoms with Crippen molar-refractivity contribution in [2.75, 3.05) is 13.6 Å². The highest BCUT2D eigenvalue weighted by Crippen LogP contribution is 2.19. The number of hydrogen-bond donors (Lipinski definition) is 1. The normalized spacial score (nSPS) is 11.4. The predicted molar refractivity (Wildman–Crippen MR) is 56.7 cm³/mol. The molecule has 0 fully saturated rings. The molecule has 0 saturated carbocycles. The van der Waals surface area contributed by atoms with E-state index in [-0.39, 0.29) is 0 Å². The van der Waals surface area contributed by atoms with Crippen LogP contribution in [0.1, 0.15) is 10.4 Å². The lowest BCUT2D eigenvalue weighted by molar-refractivity contribution is -0.138. The van der Waals surface area contributed by atoms with Crippen LogP contribution in [0.15, 0.2) is 23.1 Å². The fraction of sp³-hybridized carbons (Fsp3) is 0.300. The molecule has 1 amide bonds. The Morgan fingerprint density at radius 2 is 2.00 bits per heavy atom. The number of rotatable bonds is 2. The third kappa shape index (κ3) is 3.92. The average Bonchev–Trinajstić information content (AvgIpc) is 2.18. The zero-order valence-electron chi connectivity index (χ0n) is 8.75. The van der Waals surface area contributed by atoms with Crippen LogP contribution in [0.2, 0.25) is 0 Å². The second-order valence-electron chi connectivity index (χ2n) is 3.44. The van der Waals surface area contributed by atoms with Crippen molar-refractivity contribution in [3.8, 4) is 0 Å². The molecular weight excluding hydrogens is 258 g/mol. The Hall–Kier alpha value is -1.24.